The number of ether oxygens (including phenoxy) is 2. The molecular weight excluding hydrogens is 365 g/mol. The Morgan fingerprint density at radius 3 is 2.28 bits per heavy atom. The van der Waals surface area contributed by atoms with Gasteiger partial charge in [-0.2, -0.15) is 21.6 Å². The summed E-state index contributed by atoms with van der Waals surface area (Å²) in [6, 6.07) is 6.93. The van der Waals surface area contributed by atoms with Gasteiger partial charge in [-0.3, -0.25) is 0 Å². The molecule has 0 saturated heterocycles. The van der Waals surface area contributed by atoms with Gasteiger partial charge in [-0.15, -0.1) is 0 Å². The van der Waals surface area contributed by atoms with Gasteiger partial charge in [-0.25, -0.2) is 8.98 Å². The molecule has 1 rings (SSSR count). The minimum Gasteiger partial charge on any atom is -0.497 e. The van der Waals surface area contributed by atoms with Gasteiger partial charge in [0.1, 0.15) is 5.75 Å². The summed E-state index contributed by atoms with van der Waals surface area (Å²) in [5.41, 5.74) is -4.75. The fraction of sp³-hybridized carbons (Fsp3) is 0.533. The highest BCUT2D eigenvalue weighted by molar-refractivity contribution is 7.87. The molecule has 0 aromatic heterocycles. The molecule has 0 aliphatic carbocycles. The summed E-state index contributed by atoms with van der Waals surface area (Å²) < 4.78 is 73.1. The van der Waals surface area contributed by atoms with E-state index in [9.17, 15) is 26.4 Å². The van der Waals surface area contributed by atoms with E-state index in [1.54, 1.807) is 24.3 Å². The number of alkyl halides is 3. The van der Waals surface area contributed by atoms with Crippen molar-refractivity contribution in [3.8, 4) is 5.75 Å². The van der Waals surface area contributed by atoms with E-state index in [0.29, 0.717) is 12.2 Å². The lowest BCUT2D eigenvalue weighted by Crippen LogP contribution is -2.35. The minimum atomic E-state index is -5.88. The summed E-state index contributed by atoms with van der Waals surface area (Å²) in [5, 5.41) is 0. The average molecular weight is 384 g/mol. The monoisotopic (exact) mass is 384 g/mol. The number of methoxy groups -OCH3 is 1. The van der Waals surface area contributed by atoms with Crippen molar-refractivity contribution >= 4 is 16.1 Å². The highest BCUT2D eigenvalue weighted by Crippen LogP contribution is 2.27. The van der Waals surface area contributed by atoms with Crippen LogP contribution >= 0.6 is 0 Å². The van der Waals surface area contributed by atoms with Crippen LogP contribution in [0.2, 0.25) is 0 Å². The van der Waals surface area contributed by atoms with Gasteiger partial charge in [0.2, 0.25) is 0 Å². The van der Waals surface area contributed by atoms with Gasteiger partial charge < -0.3 is 9.47 Å². The Kier molecular flexibility index (Phi) is 7.68. The predicted molar refractivity (Wildman–Crippen MR) is 82.4 cm³/mol. The van der Waals surface area contributed by atoms with E-state index < -0.39 is 27.7 Å². The summed E-state index contributed by atoms with van der Waals surface area (Å²) in [7, 11) is -4.37. The Labute approximate surface area is 144 Å². The third kappa shape index (κ3) is 6.54. The lowest BCUT2D eigenvalue weighted by molar-refractivity contribution is -0.152. The molecule has 6 nitrogen and oxygen atoms in total. The van der Waals surface area contributed by atoms with Crippen LogP contribution in [-0.2, 0) is 30.3 Å². The first-order valence-electron chi connectivity index (χ1n) is 7.40. The van der Waals surface area contributed by atoms with Gasteiger partial charge in [0.25, 0.3) is 0 Å². The van der Waals surface area contributed by atoms with E-state index in [1.807, 2.05) is 0 Å². The average Bonchev–Trinajstić information content (AvgIpc) is 2.53. The van der Waals surface area contributed by atoms with Crippen molar-refractivity contribution in [1.29, 1.82) is 0 Å². The van der Waals surface area contributed by atoms with Crippen molar-refractivity contribution in [3.63, 3.8) is 0 Å². The Balaban J connectivity index is 2.72. The summed E-state index contributed by atoms with van der Waals surface area (Å²) in [6.07, 6.45) is -1.44. The van der Waals surface area contributed by atoms with Crippen LogP contribution in [0, 0.1) is 0 Å². The van der Waals surface area contributed by atoms with Gasteiger partial charge in [-0.1, -0.05) is 12.1 Å². The zero-order valence-electron chi connectivity index (χ0n) is 13.7. The molecule has 0 radical (unpaired) electrons. The van der Waals surface area contributed by atoms with Crippen molar-refractivity contribution in [2.24, 2.45) is 0 Å². The molecule has 0 spiro atoms. The van der Waals surface area contributed by atoms with Crippen LogP contribution in [0.15, 0.2) is 24.3 Å². The molecule has 0 heterocycles. The number of rotatable bonds is 9. The van der Waals surface area contributed by atoms with E-state index in [4.69, 9.17) is 4.74 Å². The number of esters is 1. The topological polar surface area (TPSA) is 78.9 Å². The van der Waals surface area contributed by atoms with Gasteiger partial charge in [0.05, 0.1) is 13.7 Å². The van der Waals surface area contributed by atoms with E-state index in [0.717, 1.165) is 5.56 Å². The molecule has 0 aliphatic heterocycles. The first kappa shape index (κ1) is 21.2. The first-order valence-corrected chi connectivity index (χ1v) is 8.80. The van der Waals surface area contributed by atoms with E-state index in [1.165, 1.54) is 14.0 Å². The minimum absolute atomic E-state index is 0.108. The number of aryl methyl sites for hydroxylation is 1. The molecule has 142 valence electrons. The van der Waals surface area contributed by atoms with Crippen LogP contribution in [0.4, 0.5) is 13.2 Å². The van der Waals surface area contributed by atoms with Crippen molar-refractivity contribution in [1.82, 2.24) is 0 Å². The Morgan fingerprint density at radius 2 is 1.80 bits per heavy atom. The fourth-order valence-corrected chi connectivity index (χ4v) is 2.52. The maximum absolute atomic E-state index is 12.4. The maximum atomic E-state index is 12.4. The second-order valence-electron chi connectivity index (χ2n) is 4.98. The van der Waals surface area contributed by atoms with Crippen molar-refractivity contribution in [2.75, 3.05) is 13.7 Å². The van der Waals surface area contributed by atoms with Gasteiger partial charge in [0.15, 0.2) is 6.10 Å². The molecule has 0 saturated carbocycles. The van der Waals surface area contributed by atoms with E-state index in [-0.39, 0.29) is 19.4 Å². The summed E-state index contributed by atoms with van der Waals surface area (Å²) >= 11 is 0. The Bertz CT molecular complexity index is 655. The quantitative estimate of drug-likeness (QED) is 0.370. The zero-order chi connectivity index (χ0) is 19.1. The van der Waals surface area contributed by atoms with Crippen LogP contribution in [0.1, 0.15) is 25.3 Å². The number of carbonyl (C=O) groups is 1. The number of hydrogen-bond donors (Lipinski definition) is 0. The second-order valence-corrected chi connectivity index (χ2v) is 6.54. The fourth-order valence-electron chi connectivity index (χ4n) is 1.93. The number of hydrogen-bond acceptors (Lipinski definition) is 6. The molecule has 0 fully saturated rings. The van der Waals surface area contributed by atoms with Crippen LogP contribution in [0.3, 0.4) is 0 Å². The van der Waals surface area contributed by atoms with Crippen molar-refractivity contribution in [2.45, 2.75) is 37.8 Å². The largest absolute Gasteiger partial charge is 0.523 e. The summed E-state index contributed by atoms with van der Waals surface area (Å²) in [4.78, 5) is 11.7. The number of benzene rings is 1. The lowest BCUT2D eigenvalue weighted by Gasteiger charge is -2.17. The molecule has 1 aromatic carbocycles. The number of halogens is 3. The maximum Gasteiger partial charge on any atom is 0.523 e. The lowest BCUT2D eigenvalue weighted by atomic mass is 10.1. The third-order valence-electron chi connectivity index (χ3n) is 3.17. The van der Waals surface area contributed by atoms with Gasteiger partial charge in [-0.05, 0) is 43.9 Å². The summed E-state index contributed by atoms with van der Waals surface area (Å²) in [5.74, 6) is -0.502. The normalized spacial score (nSPS) is 13.3. The van der Waals surface area contributed by atoms with Crippen molar-refractivity contribution in [3.05, 3.63) is 29.8 Å². The molecule has 1 aromatic rings. The van der Waals surface area contributed by atoms with Crippen LogP contribution in [-0.4, -0.2) is 39.7 Å². The highest BCUT2D eigenvalue weighted by Gasteiger charge is 2.49. The predicted octanol–water partition coefficient (Wildman–Crippen LogP) is 2.82. The highest BCUT2D eigenvalue weighted by atomic mass is 32.2. The third-order valence-corrected chi connectivity index (χ3v) is 4.22. The molecule has 0 bridgehead atoms. The van der Waals surface area contributed by atoms with Gasteiger partial charge >= 0.3 is 21.6 Å². The van der Waals surface area contributed by atoms with Crippen LogP contribution in [0.25, 0.3) is 0 Å². The molecule has 0 amide bonds. The Morgan fingerprint density at radius 1 is 1.20 bits per heavy atom. The van der Waals surface area contributed by atoms with E-state index in [2.05, 4.69) is 8.92 Å². The smallest absolute Gasteiger partial charge is 0.497 e. The Hall–Kier alpha value is -1.81. The molecular formula is C15H19F3O6S. The molecule has 1 unspecified atom stereocenters. The zero-order valence-corrected chi connectivity index (χ0v) is 14.5. The SMILES string of the molecule is CCOC(=O)C(CCCc1ccc(OC)cc1)OS(=O)(=O)C(F)(F)F. The standard InChI is InChI=1S/C15H19F3O6S/c1-3-23-14(19)13(24-25(20,21)15(16,17)18)6-4-5-11-7-9-12(22-2)10-8-11/h7-10,13H,3-6H2,1-2H3. The van der Waals surface area contributed by atoms with E-state index >= 15 is 0 Å². The van der Waals surface area contributed by atoms with Crippen LogP contribution in [0.5, 0.6) is 5.75 Å². The van der Waals surface area contributed by atoms with Crippen LogP contribution < -0.4 is 4.74 Å². The molecule has 0 aliphatic rings. The first-order chi connectivity index (χ1) is 11.6. The van der Waals surface area contributed by atoms with Crippen molar-refractivity contribution < 1.29 is 40.0 Å². The second kappa shape index (κ2) is 9.04. The molecule has 10 heteroatoms. The molecule has 1 atom stereocenters. The number of carbonyl (C=O) groups excluding carboxylic acids is 1. The van der Waals surface area contributed by atoms with Gasteiger partial charge in [0, 0.05) is 0 Å². The molecule has 25 heavy (non-hydrogen) atoms. The molecule has 0 N–H and O–H groups in total. The summed E-state index contributed by atoms with van der Waals surface area (Å²) in [6.45, 7) is 1.34.